The number of rotatable bonds is 4. The summed E-state index contributed by atoms with van der Waals surface area (Å²) in [7, 11) is 0. The van der Waals surface area contributed by atoms with Crippen LogP contribution in [0.1, 0.15) is 17.5 Å². The Balaban J connectivity index is 2.38. The molecular weight excluding hydrogens is 186 g/mol. The molecule has 0 unspecified atom stereocenters. The Hall–Kier alpha value is -1.75. The van der Waals surface area contributed by atoms with Gasteiger partial charge in [0.05, 0.1) is 6.42 Å². The lowest BCUT2D eigenvalue weighted by Gasteiger charge is -2.03. The Bertz CT molecular complexity index is 359. The predicted molar refractivity (Wildman–Crippen MR) is 61.3 cm³/mol. The van der Waals surface area contributed by atoms with Crippen LogP contribution < -0.4 is 5.32 Å². The van der Waals surface area contributed by atoms with Crippen LogP contribution in [-0.4, -0.2) is 12.5 Å². The van der Waals surface area contributed by atoms with Crippen molar-refractivity contribution in [3.8, 4) is 12.3 Å². The average molecular weight is 201 g/mol. The molecule has 1 aromatic carbocycles. The standard InChI is InChI=1S/C13H15NO/c1-3-4-9-14-13(15)10-12-7-5-11(2)6-8-12/h1,5-8H,4,9-10H2,2H3,(H,14,15). The van der Waals surface area contributed by atoms with Crippen LogP contribution in [0.15, 0.2) is 24.3 Å². The number of carbonyl (C=O) groups excluding carboxylic acids is 1. The molecule has 2 heteroatoms. The first-order valence-electron chi connectivity index (χ1n) is 4.98. The fraction of sp³-hybridized carbons (Fsp3) is 0.308. The molecule has 15 heavy (non-hydrogen) atoms. The molecule has 78 valence electrons. The minimum atomic E-state index is 0.0223. The Labute approximate surface area is 90.7 Å². The third-order valence-electron chi connectivity index (χ3n) is 2.08. The number of nitrogens with one attached hydrogen (secondary N) is 1. The predicted octanol–water partition coefficient (Wildman–Crippen LogP) is 1.68. The van der Waals surface area contributed by atoms with Gasteiger partial charge >= 0.3 is 0 Å². The highest BCUT2D eigenvalue weighted by molar-refractivity contribution is 5.78. The van der Waals surface area contributed by atoms with E-state index in [4.69, 9.17) is 6.42 Å². The van der Waals surface area contributed by atoms with Crippen LogP contribution in [0, 0.1) is 19.3 Å². The molecule has 1 aromatic rings. The zero-order valence-electron chi connectivity index (χ0n) is 8.92. The highest BCUT2D eigenvalue weighted by Gasteiger charge is 2.01. The molecule has 0 saturated heterocycles. The summed E-state index contributed by atoms with van der Waals surface area (Å²) in [6, 6.07) is 7.94. The molecule has 0 heterocycles. The molecule has 1 rings (SSSR count). The first-order valence-corrected chi connectivity index (χ1v) is 4.98. The number of terminal acetylenes is 1. The molecule has 0 radical (unpaired) electrons. The second kappa shape index (κ2) is 5.87. The largest absolute Gasteiger partial charge is 0.355 e. The highest BCUT2D eigenvalue weighted by atomic mass is 16.1. The Morgan fingerprint density at radius 3 is 2.67 bits per heavy atom. The number of carbonyl (C=O) groups is 1. The van der Waals surface area contributed by atoms with Gasteiger partial charge in [-0.2, -0.15) is 0 Å². The highest BCUT2D eigenvalue weighted by Crippen LogP contribution is 2.03. The molecule has 0 saturated carbocycles. The fourth-order valence-corrected chi connectivity index (χ4v) is 1.23. The summed E-state index contributed by atoms with van der Waals surface area (Å²) in [5.41, 5.74) is 2.23. The van der Waals surface area contributed by atoms with Crippen LogP contribution >= 0.6 is 0 Å². The van der Waals surface area contributed by atoms with E-state index in [1.54, 1.807) is 0 Å². The SMILES string of the molecule is C#CCCNC(=O)Cc1ccc(C)cc1. The summed E-state index contributed by atoms with van der Waals surface area (Å²) >= 11 is 0. The van der Waals surface area contributed by atoms with Gasteiger partial charge in [-0.15, -0.1) is 12.3 Å². The third-order valence-corrected chi connectivity index (χ3v) is 2.08. The molecule has 1 N–H and O–H groups in total. The van der Waals surface area contributed by atoms with Crippen LogP contribution in [0.3, 0.4) is 0 Å². The Morgan fingerprint density at radius 2 is 2.07 bits per heavy atom. The van der Waals surface area contributed by atoms with E-state index in [0.29, 0.717) is 19.4 Å². The first kappa shape index (κ1) is 11.3. The Kier molecular flexibility index (Phi) is 4.43. The maximum absolute atomic E-state index is 11.4. The van der Waals surface area contributed by atoms with Gasteiger partial charge in [0.15, 0.2) is 0 Å². The van der Waals surface area contributed by atoms with E-state index in [0.717, 1.165) is 5.56 Å². The zero-order valence-corrected chi connectivity index (χ0v) is 8.92. The third kappa shape index (κ3) is 4.33. The van der Waals surface area contributed by atoms with Crippen molar-refractivity contribution in [2.45, 2.75) is 19.8 Å². The van der Waals surface area contributed by atoms with Crippen molar-refractivity contribution in [1.82, 2.24) is 5.32 Å². The fourth-order valence-electron chi connectivity index (χ4n) is 1.23. The number of hydrogen-bond acceptors (Lipinski definition) is 1. The van der Waals surface area contributed by atoms with Crippen LogP contribution in [0.5, 0.6) is 0 Å². The van der Waals surface area contributed by atoms with Gasteiger partial charge in [0.25, 0.3) is 0 Å². The summed E-state index contributed by atoms with van der Waals surface area (Å²) in [4.78, 5) is 11.4. The van der Waals surface area contributed by atoms with E-state index in [2.05, 4.69) is 11.2 Å². The second-order valence-electron chi connectivity index (χ2n) is 3.47. The van der Waals surface area contributed by atoms with Crippen molar-refractivity contribution in [3.63, 3.8) is 0 Å². The number of amides is 1. The smallest absolute Gasteiger partial charge is 0.224 e. The van der Waals surface area contributed by atoms with Crippen molar-refractivity contribution in [2.24, 2.45) is 0 Å². The van der Waals surface area contributed by atoms with Crippen molar-refractivity contribution in [1.29, 1.82) is 0 Å². The van der Waals surface area contributed by atoms with Crippen LogP contribution in [0.25, 0.3) is 0 Å². The summed E-state index contributed by atoms with van der Waals surface area (Å²) in [5, 5.41) is 2.77. The van der Waals surface area contributed by atoms with Crippen LogP contribution in [-0.2, 0) is 11.2 Å². The van der Waals surface area contributed by atoms with Crippen molar-refractivity contribution >= 4 is 5.91 Å². The number of aryl methyl sites for hydroxylation is 1. The summed E-state index contributed by atoms with van der Waals surface area (Å²) in [5.74, 6) is 2.50. The summed E-state index contributed by atoms with van der Waals surface area (Å²) in [6.45, 7) is 2.58. The lowest BCUT2D eigenvalue weighted by atomic mass is 10.1. The van der Waals surface area contributed by atoms with Crippen LogP contribution in [0.2, 0.25) is 0 Å². The van der Waals surface area contributed by atoms with Gasteiger partial charge in [0.1, 0.15) is 0 Å². The van der Waals surface area contributed by atoms with Gasteiger partial charge in [0, 0.05) is 13.0 Å². The average Bonchev–Trinajstić information content (AvgIpc) is 2.22. The Morgan fingerprint density at radius 1 is 1.40 bits per heavy atom. The minimum absolute atomic E-state index is 0.0223. The molecule has 0 fully saturated rings. The van der Waals surface area contributed by atoms with Gasteiger partial charge in [-0.3, -0.25) is 4.79 Å². The minimum Gasteiger partial charge on any atom is -0.355 e. The molecule has 0 bridgehead atoms. The normalized spacial score (nSPS) is 9.33. The van der Waals surface area contributed by atoms with E-state index in [-0.39, 0.29) is 5.91 Å². The van der Waals surface area contributed by atoms with Gasteiger partial charge in [-0.1, -0.05) is 29.8 Å². The van der Waals surface area contributed by atoms with E-state index < -0.39 is 0 Å². The molecule has 1 amide bonds. The van der Waals surface area contributed by atoms with Gasteiger partial charge in [-0.25, -0.2) is 0 Å². The quantitative estimate of drug-likeness (QED) is 0.582. The molecule has 0 spiro atoms. The van der Waals surface area contributed by atoms with Crippen molar-refractivity contribution < 1.29 is 4.79 Å². The van der Waals surface area contributed by atoms with Crippen molar-refractivity contribution in [2.75, 3.05) is 6.54 Å². The zero-order chi connectivity index (χ0) is 11.1. The molecule has 0 aliphatic heterocycles. The first-order chi connectivity index (χ1) is 7.22. The molecule has 0 aromatic heterocycles. The molecule has 0 aliphatic carbocycles. The number of benzene rings is 1. The lowest BCUT2D eigenvalue weighted by Crippen LogP contribution is -2.25. The van der Waals surface area contributed by atoms with Gasteiger partial charge < -0.3 is 5.32 Å². The van der Waals surface area contributed by atoms with Gasteiger partial charge in [-0.05, 0) is 12.5 Å². The maximum atomic E-state index is 11.4. The van der Waals surface area contributed by atoms with E-state index in [1.165, 1.54) is 5.56 Å². The monoisotopic (exact) mass is 201 g/mol. The second-order valence-corrected chi connectivity index (χ2v) is 3.47. The van der Waals surface area contributed by atoms with Gasteiger partial charge in [0.2, 0.25) is 5.91 Å². The number of hydrogen-bond donors (Lipinski definition) is 1. The molecule has 2 nitrogen and oxygen atoms in total. The van der Waals surface area contributed by atoms with Crippen LogP contribution in [0.4, 0.5) is 0 Å². The molecule has 0 aliphatic rings. The van der Waals surface area contributed by atoms with E-state index in [1.807, 2.05) is 31.2 Å². The molecule has 0 atom stereocenters. The van der Waals surface area contributed by atoms with E-state index >= 15 is 0 Å². The summed E-state index contributed by atoms with van der Waals surface area (Å²) in [6.07, 6.45) is 6.09. The topological polar surface area (TPSA) is 29.1 Å². The molecular formula is C13H15NO. The maximum Gasteiger partial charge on any atom is 0.224 e. The van der Waals surface area contributed by atoms with Crippen molar-refractivity contribution in [3.05, 3.63) is 35.4 Å². The van der Waals surface area contributed by atoms with E-state index in [9.17, 15) is 4.79 Å². The lowest BCUT2D eigenvalue weighted by molar-refractivity contribution is -0.120. The summed E-state index contributed by atoms with van der Waals surface area (Å²) < 4.78 is 0.